The van der Waals surface area contributed by atoms with E-state index in [1.54, 1.807) is 7.11 Å². The number of rotatable bonds is 5. The van der Waals surface area contributed by atoms with Crippen molar-refractivity contribution in [2.24, 2.45) is 0 Å². The van der Waals surface area contributed by atoms with E-state index in [-0.39, 0.29) is 5.56 Å². The van der Waals surface area contributed by atoms with Crippen molar-refractivity contribution in [3.05, 3.63) is 65.0 Å². The molecule has 0 unspecified atom stereocenters. The van der Waals surface area contributed by atoms with Crippen LogP contribution in [0.1, 0.15) is 0 Å². The maximum absolute atomic E-state index is 12.1. The number of anilines is 3. The van der Waals surface area contributed by atoms with Crippen molar-refractivity contribution in [1.29, 1.82) is 0 Å². The Morgan fingerprint density at radius 2 is 1.69 bits per heavy atom. The SMILES string of the molecule is COc1ccc(-c2cc(=O)[nH]c(Nc3ccc(N4CCN(C)CC4)cc3)n2)cc1. The van der Waals surface area contributed by atoms with Gasteiger partial charge in [0.1, 0.15) is 5.75 Å². The van der Waals surface area contributed by atoms with Crippen molar-refractivity contribution in [3.63, 3.8) is 0 Å². The highest BCUT2D eigenvalue weighted by atomic mass is 16.5. The summed E-state index contributed by atoms with van der Waals surface area (Å²) in [6.07, 6.45) is 0. The molecule has 1 aliphatic heterocycles. The van der Waals surface area contributed by atoms with Crippen molar-refractivity contribution in [2.75, 3.05) is 50.6 Å². The summed E-state index contributed by atoms with van der Waals surface area (Å²) in [5.41, 5.74) is 3.33. The highest BCUT2D eigenvalue weighted by molar-refractivity contribution is 5.64. The number of ether oxygens (including phenoxy) is 1. The summed E-state index contributed by atoms with van der Waals surface area (Å²) in [6.45, 7) is 4.21. The zero-order chi connectivity index (χ0) is 20.2. The Kier molecular flexibility index (Phi) is 5.48. The van der Waals surface area contributed by atoms with Gasteiger partial charge in [-0.1, -0.05) is 0 Å². The Hall–Kier alpha value is -3.32. The molecule has 1 aliphatic rings. The summed E-state index contributed by atoms with van der Waals surface area (Å²) in [4.78, 5) is 24.1. The van der Waals surface area contributed by atoms with Gasteiger partial charge in [-0.25, -0.2) is 4.98 Å². The van der Waals surface area contributed by atoms with Gasteiger partial charge in [-0.3, -0.25) is 9.78 Å². The number of H-pyrrole nitrogens is 1. The Labute approximate surface area is 170 Å². The van der Waals surface area contributed by atoms with Crippen LogP contribution in [0.2, 0.25) is 0 Å². The molecule has 4 rings (SSSR count). The number of nitrogens with zero attached hydrogens (tertiary/aromatic N) is 3. The first-order valence-corrected chi connectivity index (χ1v) is 9.67. The lowest BCUT2D eigenvalue weighted by Crippen LogP contribution is -2.44. The van der Waals surface area contributed by atoms with Crippen LogP contribution in [0.25, 0.3) is 11.3 Å². The molecule has 1 saturated heterocycles. The highest BCUT2D eigenvalue weighted by Gasteiger charge is 2.14. The van der Waals surface area contributed by atoms with Crippen molar-refractivity contribution < 1.29 is 4.74 Å². The van der Waals surface area contributed by atoms with Crippen molar-refractivity contribution in [3.8, 4) is 17.0 Å². The molecule has 1 fully saturated rings. The molecule has 2 N–H and O–H groups in total. The molecular weight excluding hydrogens is 366 g/mol. The molecule has 7 nitrogen and oxygen atoms in total. The molecule has 0 spiro atoms. The summed E-state index contributed by atoms with van der Waals surface area (Å²) >= 11 is 0. The van der Waals surface area contributed by atoms with Crippen LogP contribution >= 0.6 is 0 Å². The predicted molar refractivity (Wildman–Crippen MR) is 116 cm³/mol. The van der Waals surface area contributed by atoms with Crippen molar-refractivity contribution in [1.82, 2.24) is 14.9 Å². The number of hydrogen-bond donors (Lipinski definition) is 2. The first-order valence-electron chi connectivity index (χ1n) is 9.67. The van der Waals surface area contributed by atoms with Crippen LogP contribution in [-0.4, -0.2) is 55.2 Å². The van der Waals surface area contributed by atoms with Gasteiger partial charge < -0.3 is 19.9 Å². The topological polar surface area (TPSA) is 73.5 Å². The Bertz CT molecular complexity index is 1010. The van der Waals surface area contributed by atoms with Gasteiger partial charge in [0.05, 0.1) is 12.8 Å². The molecule has 2 heterocycles. The summed E-state index contributed by atoms with van der Waals surface area (Å²) < 4.78 is 5.18. The van der Waals surface area contributed by atoms with E-state index in [0.29, 0.717) is 11.6 Å². The third-order valence-electron chi connectivity index (χ3n) is 5.13. The minimum absolute atomic E-state index is 0.206. The van der Waals surface area contributed by atoms with E-state index in [1.165, 1.54) is 11.8 Å². The van der Waals surface area contributed by atoms with Crippen molar-refractivity contribution in [2.45, 2.75) is 0 Å². The molecule has 150 valence electrons. The number of hydrogen-bond acceptors (Lipinski definition) is 6. The predicted octanol–water partition coefficient (Wildman–Crippen LogP) is 2.94. The van der Waals surface area contributed by atoms with E-state index in [9.17, 15) is 4.79 Å². The normalized spacial score (nSPS) is 14.6. The summed E-state index contributed by atoms with van der Waals surface area (Å²) in [6, 6.07) is 17.2. The van der Waals surface area contributed by atoms with Gasteiger partial charge in [0.25, 0.3) is 5.56 Å². The molecule has 0 radical (unpaired) electrons. The van der Waals surface area contributed by atoms with Gasteiger partial charge in [0.15, 0.2) is 0 Å². The molecular formula is C22H25N5O2. The third-order valence-corrected chi connectivity index (χ3v) is 5.13. The van der Waals surface area contributed by atoms with Crippen LogP contribution in [0.15, 0.2) is 59.4 Å². The van der Waals surface area contributed by atoms with Crippen LogP contribution in [0.5, 0.6) is 5.75 Å². The van der Waals surface area contributed by atoms with E-state index in [1.807, 2.05) is 36.4 Å². The van der Waals surface area contributed by atoms with Crippen LogP contribution in [0.3, 0.4) is 0 Å². The zero-order valence-corrected chi connectivity index (χ0v) is 16.7. The number of methoxy groups -OCH3 is 1. The molecule has 0 aliphatic carbocycles. The lowest BCUT2D eigenvalue weighted by Gasteiger charge is -2.34. The molecule has 0 saturated carbocycles. The standard InChI is InChI=1S/C22H25N5O2/c1-26-11-13-27(14-12-26)18-7-5-17(6-8-18)23-22-24-20(15-21(28)25-22)16-3-9-19(29-2)10-4-16/h3-10,15H,11-14H2,1-2H3,(H2,23,24,25,28). The van der Waals surface area contributed by atoms with Gasteiger partial charge in [0.2, 0.25) is 5.95 Å². The fourth-order valence-electron chi connectivity index (χ4n) is 3.38. The second kappa shape index (κ2) is 8.36. The molecule has 29 heavy (non-hydrogen) atoms. The number of aromatic amines is 1. The Balaban J connectivity index is 1.50. The van der Waals surface area contributed by atoms with E-state index in [0.717, 1.165) is 43.2 Å². The van der Waals surface area contributed by atoms with Crippen LogP contribution in [0, 0.1) is 0 Å². The summed E-state index contributed by atoms with van der Waals surface area (Å²) in [5, 5.41) is 3.20. The molecule has 1 aromatic heterocycles. The van der Waals surface area contributed by atoms with E-state index >= 15 is 0 Å². The van der Waals surface area contributed by atoms with Gasteiger partial charge in [-0.15, -0.1) is 0 Å². The molecule has 0 amide bonds. The van der Waals surface area contributed by atoms with Crippen LogP contribution < -0.4 is 20.5 Å². The molecule has 2 aromatic carbocycles. The molecule has 3 aromatic rings. The van der Waals surface area contributed by atoms with E-state index < -0.39 is 0 Å². The van der Waals surface area contributed by atoms with Gasteiger partial charge in [-0.05, 0) is 55.6 Å². The summed E-state index contributed by atoms with van der Waals surface area (Å²) in [5.74, 6) is 1.17. The maximum atomic E-state index is 12.1. The highest BCUT2D eigenvalue weighted by Crippen LogP contribution is 2.23. The molecule has 7 heteroatoms. The molecule has 0 bridgehead atoms. The first kappa shape index (κ1) is 19.0. The van der Waals surface area contributed by atoms with Crippen LogP contribution in [-0.2, 0) is 0 Å². The number of piperazine rings is 1. The zero-order valence-electron chi connectivity index (χ0n) is 16.7. The van der Waals surface area contributed by atoms with Crippen molar-refractivity contribution >= 4 is 17.3 Å². The second-order valence-electron chi connectivity index (χ2n) is 7.17. The lowest BCUT2D eigenvalue weighted by atomic mass is 10.1. The largest absolute Gasteiger partial charge is 0.497 e. The lowest BCUT2D eigenvalue weighted by molar-refractivity contribution is 0.313. The first-order chi connectivity index (χ1) is 14.1. The minimum Gasteiger partial charge on any atom is -0.497 e. The fraction of sp³-hybridized carbons (Fsp3) is 0.273. The molecule has 0 atom stereocenters. The fourth-order valence-corrected chi connectivity index (χ4v) is 3.38. The van der Waals surface area contributed by atoms with Gasteiger partial charge in [-0.2, -0.15) is 0 Å². The number of benzene rings is 2. The van der Waals surface area contributed by atoms with Gasteiger partial charge >= 0.3 is 0 Å². The average molecular weight is 391 g/mol. The Morgan fingerprint density at radius 1 is 1.00 bits per heavy atom. The quantitative estimate of drug-likeness (QED) is 0.697. The average Bonchev–Trinajstić information content (AvgIpc) is 2.75. The smallest absolute Gasteiger partial charge is 0.252 e. The number of nitrogens with one attached hydrogen (secondary N) is 2. The van der Waals surface area contributed by atoms with E-state index in [4.69, 9.17) is 4.74 Å². The minimum atomic E-state index is -0.206. The van der Waals surface area contributed by atoms with Gasteiger partial charge in [0, 0.05) is 49.2 Å². The summed E-state index contributed by atoms with van der Waals surface area (Å²) in [7, 11) is 3.77. The monoisotopic (exact) mass is 391 g/mol. The Morgan fingerprint density at radius 3 is 2.34 bits per heavy atom. The van der Waals surface area contributed by atoms with Crippen LogP contribution in [0.4, 0.5) is 17.3 Å². The third kappa shape index (κ3) is 4.57. The number of aromatic nitrogens is 2. The maximum Gasteiger partial charge on any atom is 0.252 e. The van der Waals surface area contributed by atoms with E-state index in [2.05, 4.69) is 44.3 Å². The second-order valence-corrected chi connectivity index (χ2v) is 7.17. The number of likely N-dealkylation sites (N-methyl/N-ethyl adjacent to an activating group) is 1.